The Hall–Kier alpha value is -5.31. The van der Waals surface area contributed by atoms with Gasteiger partial charge in [0.25, 0.3) is 0 Å². The standard InChI is InChI=1S/C60H108N12O13/c1-7-36(4)13-11-12-16-54(79)67-44(17-23-61)52(77)34-43(38(6)74)58(83)69-46(19-25-63)50(75)31-40-22-28-66-57(82)42(37(5)73)33-53(78)47(20-26-64)70-59(84)48(21-27-65)71-60(85)49(29-35(2)3)72-56(81)41(30-39-14-9-8-10-15-39)32-51(76)45(18-24-62)68-55(40)80/h35-49,73-74H,7-34,61-65H2,1-6H3,(H,66,82)(H,67,79)(H,68,80)(H,69,83)(H,70,84)(H,71,85)(H,72,81)/t36?,37?,38?,40-,41+,42+,43+,44+,45+,46+,47+,48+,49+/m1/s1. The summed E-state index contributed by atoms with van der Waals surface area (Å²) in [6.07, 6.45) is 3.00. The minimum atomic E-state index is -1.42. The van der Waals surface area contributed by atoms with Crippen LogP contribution in [0.25, 0.3) is 0 Å². The maximum atomic E-state index is 14.7. The fraction of sp³-hybridized carbons (Fsp3) is 0.817. The number of Topliss-reactive ketones (excluding diaryl/α,β-unsaturated/α-hetero) is 4. The van der Waals surface area contributed by atoms with Crippen LogP contribution < -0.4 is 65.9 Å². The predicted molar refractivity (Wildman–Crippen MR) is 322 cm³/mol. The van der Waals surface area contributed by atoms with Crippen molar-refractivity contribution in [2.75, 3.05) is 39.3 Å². The molecule has 25 nitrogen and oxygen atoms in total. The SMILES string of the molecule is CCC(C)CCCCC(=O)N[C@@H](CCN)C(=O)C[C@H](C(=O)N[C@@H](CCN)C(=O)C[C@H]1CCNC(=O)[C@H](C(C)O)CC(=O)[C@H](CCN)NC(=O)[C@H](CCN)NC(=O)[C@H](CC(C)C)NC(=O)[C@@H](CC2CCCCC2)CC(=O)[C@H](CCN)NC1=O)C(C)O. The number of carbonyl (C=O) groups excluding carboxylic acids is 11. The summed E-state index contributed by atoms with van der Waals surface area (Å²) in [5.41, 5.74) is 29.6. The summed E-state index contributed by atoms with van der Waals surface area (Å²) in [4.78, 5) is 155. The number of aliphatic hydroxyl groups is 2. The molecule has 13 atom stereocenters. The van der Waals surface area contributed by atoms with Crippen molar-refractivity contribution < 1.29 is 63.0 Å². The van der Waals surface area contributed by atoms with Crippen molar-refractivity contribution in [3.05, 3.63) is 0 Å². The quantitative estimate of drug-likeness (QED) is 0.0401. The fourth-order valence-corrected chi connectivity index (χ4v) is 11.1. The van der Waals surface area contributed by atoms with Crippen LogP contribution in [0.15, 0.2) is 0 Å². The van der Waals surface area contributed by atoms with E-state index in [-0.39, 0.29) is 121 Å². The van der Waals surface area contributed by atoms with E-state index in [1.54, 1.807) is 0 Å². The number of hydrogen-bond donors (Lipinski definition) is 14. The van der Waals surface area contributed by atoms with E-state index in [0.717, 1.165) is 51.4 Å². The lowest BCUT2D eigenvalue weighted by Crippen LogP contribution is -2.57. The lowest BCUT2D eigenvalue weighted by molar-refractivity contribution is -0.137. The second kappa shape index (κ2) is 41.0. The number of rotatable bonds is 31. The van der Waals surface area contributed by atoms with Crippen molar-refractivity contribution in [3.63, 3.8) is 0 Å². The zero-order chi connectivity index (χ0) is 63.8. The molecule has 3 unspecified atom stereocenters. The zero-order valence-electron chi connectivity index (χ0n) is 51.7. The first kappa shape index (κ1) is 75.8. The Bertz CT molecular complexity index is 2140. The second-order valence-electron chi connectivity index (χ2n) is 24.3. The molecule has 1 aliphatic heterocycles. The van der Waals surface area contributed by atoms with Gasteiger partial charge in [-0.1, -0.05) is 79.1 Å². The van der Waals surface area contributed by atoms with Gasteiger partial charge in [-0.25, -0.2) is 0 Å². The molecule has 0 aromatic rings. The number of carbonyl (C=O) groups is 11. The van der Waals surface area contributed by atoms with Crippen LogP contribution in [0.1, 0.15) is 183 Å². The number of unbranched alkanes of at least 4 members (excludes halogenated alkanes) is 1. The average molecular weight is 1210 g/mol. The number of hydrogen-bond acceptors (Lipinski definition) is 18. The molecule has 0 aromatic carbocycles. The van der Waals surface area contributed by atoms with Gasteiger partial charge in [0, 0.05) is 50.5 Å². The summed E-state index contributed by atoms with van der Waals surface area (Å²) in [5, 5.41) is 40.7. The highest BCUT2D eigenvalue weighted by molar-refractivity contribution is 5.99. The molecule has 1 heterocycles. The molecule has 0 bridgehead atoms. The van der Waals surface area contributed by atoms with Crippen LogP contribution in [0.5, 0.6) is 0 Å². The summed E-state index contributed by atoms with van der Waals surface area (Å²) in [5.74, 6) is -12.1. The van der Waals surface area contributed by atoms with Crippen LogP contribution in [0.2, 0.25) is 0 Å². The molecule has 0 spiro atoms. The van der Waals surface area contributed by atoms with E-state index in [0.29, 0.717) is 12.3 Å². The molecule has 25 heteroatoms. The minimum Gasteiger partial charge on any atom is -0.393 e. The third-order valence-corrected chi connectivity index (χ3v) is 16.6. The first-order valence-electron chi connectivity index (χ1n) is 31.4. The Kier molecular flexibility index (Phi) is 36.5. The molecule has 1 aliphatic carbocycles. The van der Waals surface area contributed by atoms with Gasteiger partial charge in [-0.2, -0.15) is 0 Å². The smallest absolute Gasteiger partial charge is 0.243 e. The zero-order valence-corrected chi connectivity index (χ0v) is 51.7. The predicted octanol–water partition coefficient (Wildman–Crippen LogP) is -0.155. The molecule has 19 N–H and O–H groups in total. The lowest BCUT2D eigenvalue weighted by atomic mass is 9.80. The second-order valence-corrected chi connectivity index (χ2v) is 24.3. The molecule has 2 aliphatic rings. The number of nitrogens with one attached hydrogen (secondary N) is 7. The normalized spacial score (nSPS) is 24.5. The largest absolute Gasteiger partial charge is 0.393 e. The van der Waals surface area contributed by atoms with Gasteiger partial charge in [0.05, 0.1) is 48.2 Å². The molecule has 2 rings (SSSR count). The van der Waals surface area contributed by atoms with Crippen molar-refractivity contribution in [1.29, 1.82) is 0 Å². The van der Waals surface area contributed by atoms with E-state index in [1.807, 2.05) is 13.8 Å². The van der Waals surface area contributed by atoms with Crippen LogP contribution in [-0.4, -0.2) is 162 Å². The van der Waals surface area contributed by atoms with Crippen LogP contribution in [0.4, 0.5) is 0 Å². The van der Waals surface area contributed by atoms with E-state index in [2.05, 4.69) is 51.1 Å². The fourth-order valence-electron chi connectivity index (χ4n) is 11.1. The van der Waals surface area contributed by atoms with Gasteiger partial charge in [-0.05, 0) is 122 Å². The van der Waals surface area contributed by atoms with Crippen LogP contribution in [0, 0.1) is 41.4 Å². The number of ketones is 4. The van der Waals surface area contributed by atoms with Gasteiger partial charge in [0.1, 0.15) is 12.1 Å². The van der Waals surface area contributed by atoms with Gasteiger partial charge in [-0.15, -0.1) is 0 Å². The Morgan fingerprint density at radius 1 is 0.588 bits per heavy atom. The van der Waals surface area contributed by atoms with E-state index < -0.39 is 150 Å². The summed E-state index contributed by atoms with van der Waals surface area (Å²) in [7, 11) is 0. The van der Waals surface area contributed by atoms with Gasteiger partial charge in [0.15, 0.2) is 23.1 Å². The molecule has 0 aromatic heterocycles. The summed E-state index contributed by atoms with van der Waals surface area (Å²) in [6.45, 7) is 9.86. The van der Waals surface area contributed by atoms with Gasteiger partial charge in [0.2, 0.25) is 41.4 Å². The van der Waals surface area contributed by atoms with Crippen LogP contribution >= 0.6 is 0 Å². The summed E-state index contributed by atoms with van der Waals surface area (Å²) >= 11 is 0. The minimum absolute atomic E-state index is 0.0368. The Morgan fingerprint density at radius 3 is 1.67 bits per heavy atom. The average Bonchev–Trinajstić information content (AvgIpc) is 3.67. The van der Waals surface area contributed by atoms with E-state index in [1.165, 1.54) is 13.8 Å². The Labute approximate surface area is 503 Å². The third-order valence-electron chi connectivity index (χ3n) is 16.6. The molecule has 2 fully saturated rings. The van der Waals surface area contributed by atoms with Gasteiger partial charge >= 0.3 is 0 Å². The third kappa shape index (κ3) is 27.9. The van der Waals surface area contributed by atoms with Crippen molar-refractivity contribution in [2.24, 2.45) is 70.1 Å². The lowest BCUT2D eigenvalue weighted by Gasteiger charge is -2.30. The maximum Gasteiger partial charge on any atom is 0.243 e. The van der Waals surface area contributed by atoms with Gasteiger partial charge in [-0.3, -0.25) is 52.7 Å². The molecule has 486 valence electrons. The topological polar surface area (TPSA) is 443 Å². The molecule has 7 amide bonds. The molecule has 1 saturated carbocycles. The van der Waals surface area contributed by atoms with Crippen molar-refractivity contribution >= 4 is 64.5 Å². The van der Waals surface area contributed by atoms with Crippen LogP contribution in [0.3, 0.4) is 0 Å². The molecule has 1 saturated heterocycles. The number of nitrogens with two attached hydrogens (primary N) is 5. The van der Waals surface area contributed by atoms with Crippen molar-refractivity contribution in [1.82, 2.24) is 37.2 Å². The first-order valence-corrected chi connectivity index (χ1v) is 31.4. The first-order chi connectivity index (χ1) is 40.3. The molecular weight excluding hydrogens is 1100 g/mol. The molecule has 0 radical (unpaired) electrons. The summed E-state index contributed by atoms with van der Waals surface area (Å²) < 4.78 is 0. The summed E-state index contributed by atoms with van der Waals surface area (Å²) in [6, 6.07) is -7.42. The monoisotopic (exact) mass is 1200 g/mol. The van der Waals surface area contributed by atoms with E-state index in [9.17, 15) is 63.0 Å². The van der Waals surface area contributed by atoms with Crippen molar-refractivity contribution in [2.45, 2.75) is 231 Å². The Morgan fingerprint density at radius 2 is 1.12 bits per heavy atom. The highest BCUT2D eigenvalue weighted by Crippen LogP contribution is 2.31. The van der Waals surface area contributed by atoms with Crippen molar-refractivity contribution in [3.8, 4) is 0 Å². The highest BCUT2D eigenvalue weighted by atomic mass is 16.3. The molecule has 85 heavy (non-hydrogen) atoms. The Balaban J connectivity index is 2.66. The van der Waals surface area contributed by atoms with Gasteiger partial charge < -0.3 is 76.1 Å². The van der Waals surface area contributed by atoms with Crippen LogP contribution in [-0.2, 0) is 52.7 Å². The number of aliphatic hydroxyl groups excluding tert-OH is 2. The highest BCUT2D eigenvalue weighted by Gasteiger charge is 2.38. The molecular formula is C60H108N12O13. The van der Waals surface area contributed by atoms with E-state index in [4.69, 9.17) is 28.7 Å². The van der Waals surface area contributed by atoms with E-state index >= 15 is 0 Å². The number of amides is 7. The maximum absolute atomic E-state index is 14.7.